The molecule has 2 fully saturated rings. The summed E-state index contributed by atoms with van der Waals surface area (Å²) < 4.78 is 9.50. The van der Waals surface area contributed by atoms with Crippen molar-refractivity contribution in [2.24, 2.45) is 29.4 Å². The van der Waals surface area contributed by atoms with Crippen molar-refractivity contribution in [2.45, 2.75) is 24.5 Å². The van der Waals surface area contributed by atoms with Crippen LogP contribution >= 0.6 is 0 Å². The van der Waals surface area contributed by atoms with Crippen molar-refractivity contribution in [3.05, 3.63) is 47.5 Å². The molecule has 2 aromatic carbocycles. The number of ether oxygens (including phenoxy) is 2. The molecule has 12 nitrogen and oxygen atoms in total. The summed E-state index contributed by atoms with van der Waals surface area (Å²) in [6, 6.07) is 8.10. The number of phenols is 1. The zero-order valence-corrected chi connectivity index (χ0v) is 22.5. The Morgan fingerprint density at radius 3 is 2.27 bits per heavy atom. The number of aromatic hydroxyl groups is 1. The van der Waals surface area contributed by atoms with Gasteiger partial charge in [-0.1, -0.05) is 18.2 Å². The Morgan fingerprint density at radius 2 is 1.68 bits per heavy atom. The van der Waals surface area contributed by atoms with Crippen molar-refractivity contribution in [1.29, 1.82) is 0 Å². The number of phenolic OH excluding ortho intramolecular Hbond substituents is 1. The molecule has 1 amide bonds. The predicted molar refractivity (Wildman–Crippen MR) is 140 cm³/mol. The Balaban J connectivity index is 1.59. The van der Waals surface area contributed by atoms with Crippen molar-refractivity contribution in [3.63, 3.8) is 0 Å². The summed E-state index contributed by atoms with van der Waals surface area (Å²) in [5, 5.41) is 22.4. The number of likely N-dealkylation sites (N-methyl/N-ethyl adjacent to an activating group) is 1. The van der Waals surface area contributed by atoms with Gasteiger partial charge in [-0.25, -0.2) is 4.79 Å². The van der Waals surface area contributed by atoms with Crippen LogP contribution in [0.1, 0.15) is 22.3 Å². The number of rotatable bonds is 4. The van der Waals surface area contributed by atoms with Gasteiger partial charge < -0.3 is 25.4 Å². The maximum absolute atomic E-state index is 13.9. The molecule has 0 radical (unpaired) electrons. The molecule has 0 saturated heterocycles. The summed E-state index contributed by atoms with van der Waals surface area (Å²) in [7, 11) is 4.23. The lowest BCUT2D eigenvalue weighted by molar-refractivity contribution is -0.181. The molecule has 5 rings (SSSR count). The van der Waals surface area contributed by atoms with Crippen molar-refractivity contribution in [2.75, 3.05) is 21.2 Å². The predicted octanol–water partition coefficient (Wildman–Crippen LogP) is 0.679. The van der Waals surface area contributed by atoms with Gasteiger partial charge in [0.1, 0.15) is 11.5 Å². The molecule has 3 unspecified atom stereocenters. The van der Waals surface area contributed by atoms with Crippen molar-refractivity contribution in [3.8, 4) is 22.6 Å². The van der Waals surface area contributed by atoms with E-state index >= 15 is 0 Å². The van der Waals surface area contributed by atoms with Gasteiger partial charge in [0, 0.05) is 5.92 Å². The number of hydrogen-bond acceptors (Lipinski definition) is 11. The highest BCUT2D eigenvalue weighted by molar-refractivity contribution is 6.32. The minimum atomic E-state index is -2.78. The Morgan fingerprint density at radius 1 is 1.02 bits per heavy atom. The third-order valence-electron chi connectivity index (χ3n) is 8.48. The van der Waals surface area contributed by atoms with E-state index in [9.17, 15) is 39.0 Å². The second-order valence-corrected chi connectivity index (χ2v) is 10.9. The molecule has 214 valence electrons. The van der Waals surface area contributed by atoms with E-state index in [2.05, 4.69) is 4.74 Å². The fourth-order valence-corrected chi connectivity index (χ4v) is 6.72. The van der Waals surface area contributed by atoms with Crippen molar-refractivity contribution < 1.29 is 48.5 Å². The fraction of sp³-hybridized carbons (Fsp3) is 0.379. The molecule has 4 N–H and O–H groups in total. The standard InChI is InChI=1S/C29H28N2O10/c1-31(2)22-17-11-13-10-16-15(12-4-6-14(7-5-12)41-28(38)40-3)8-9-18(32)20(16)23(33)19(13)25(35)29(17,39)26(36)21(24(22)34)27(30)37/h4-9,13,17,19,21-22,32,39H,10-11H2,1-3H3,(H2,30,37)/t13-,17-,19?,21?,22?,29-/m0/s1. The van der Waals surface area contributed by atoms with Crippen LogP contribution in [-0.4, -0.2) is 83.2 Å². The minimum absolute atomic E-state index is 0.0507. The maximum Gasteiger partial charge on any atom is 0.513 e. The van der Waals surface area contributed by atoms with Crippen LogP contribution in [0.15, 0.2) is 36.4 Å². The molecular weight excluding hydrogens is 536 g/mol. The number of Topliss-reactive ketones (excluding diaryl/α,β-unsaturated/α-hetero) is 4. The summed E-state index contributed by atoms with van der Waals surface area (Å²) >= 11 is 0. The molecule has 0 aromatic heterocycles. The lowest BCUT2D eigenvalue weighted by Crippen LogP contribution is -2.74. The number of hydrogen-bond donors (Lipinski definition) is 3. The quantitative estimate of drug-likeness (QED) is 0.269. The lowest BCUT2D eigenvalue weighted by Gasteiger charge is -2.52. The van der Waals surface area contributed by atoms with E-state index in [0.717, 1.165) is 0 Å². The maximum atomic E-state index is 13.9. The third kappa shape index (κ3) is 4.13. The van der Waals surface area contributed by atoms with Crippen molar-refractivity contribution in [1.82, 2.24) is 4.90 Å². The average Bonchev–Trinajstić information content (AvgIpc) is 2.91. The number of methoxy groups -OCH3 is 1. The topological polar surface area (TPSA) is 191 Å². The second kappa shape index (κ2) is 9.89. The molecule has 41 heavy (non-hydrogen) atoms. The molecule has 3 aliphatic rings. The molecule has 6 atom stereocenters. The first-order valence-electron chi connectivity index (χ1n) is 12.9. The minimum Gasteiger partial charge on any atom is -0.507 e. The molecule has 12 heteroatoms. The summed E-state index contributed by atoms with van der Waals surface area (Å²) in [5.41, 5.74) is 4.12. The highest BCUT2D eigenvalue weighted by atomic mass is 16.7. The Labute approximate surface area is 234 Å². The van der Waals surface area contributed by atoms with Crippen LogP contribution in [0.4, 0.5) is 4.79 Å². The van der Waals surface area contributed by atoms with E-state index in [0.29, 0.717) is 16.7 Å². The first-order valence-corrected chi connectivity index (χ1v) is 12.9. The van der Waals surface area contributed by atoms with Crippen LogP contribution in [0.3, 0.4) is 0 Å². The smallest absolute Gasteiger partial charge is 0.507 e. The fourth-order valence-electron chi connectivity index (χ4n) is 6.72. The number of carbonyl (C=O) groups excluding carboxylic acids is 6. The van der Waals surface area contributed by atoms with Gasteiger partial charge in [0.2, 0.25) is 5.91 Å². The summed E-state index contributed by atoms with van der Waals surface area (Å²) in [6.45, 7) is 0. The lowest BCUT2D eigenvalue weighted by atomic mass is 9.52. The number of ketones is 4. The zero-order valence-electron chi connectivity index (χ0n) is 22.5. The van der Waals surface area contributed by atoms with Crippen LogP contribution in [0, 0.1) is 23.7 Å². The zero-order chi connectivity index (χ0) is 30.0. The monoisotopic (exact) mass is 564 g/mol. The van der Waals surface area contributed by atoms with E-state index in [1.54, 1.807) is 18.2 Å². The van der Waals surface area contributed by atoms with Crippen LogP contribution in [0.2, 0.25) is 0 Å². The summed E-state index contributed by atoms with van der Waals surface area (Å²) in [6.07, 6.45) is -0.822. The Bertz CT molecular complexity index is 1510. The molecule has 2 aromatic rings. The summed E-state index contributed by atoms with van der Waals surface area (Å²) in [4.78, 5) is 79.3. The average molecular weight is 565 g/mol. The number of nitrogens with two attached hydrogens (primary N) is 1. The van der Waals surface area contributed by atoms with Gasteiger partial charge in [-0.05, 0) is 67.7 Å². The third-order valence-corrected chi connectivity index (χ3v) is 8.48. The van der Waals surface area contributed by atoms with Gasteiger partial charge >= 0.3 is 6.16 Å². The second-order valence-electron chi connectivity index (χ2n) is 10.9. The number of nitrogens with zero attached hydrogens (tertiary/aromatic N) is 1. The van der Waals surface area contributed by atoms with Gasteiger partial charge in [0.05, 0.1) is 24.6 Å². The number of fused-ring (bicyclic) bond motifs is 3. The van der Waals surface area contributed by atoms with Crippen LogP contribution in [0.25, 0.3) is 11.1 Å². The van der Waals surface area contributed by atoms with Gasteiger partial charge in [0.15, 0.2) is 34.7 Å². The molecule has 0 aliphatic heterocycles. The van der Waals surface area contributed by atoms with E-state index in [-0.39, 0.29) is 29.9 Å². The van der Waals surface area contributed by atoms with E-state index in [1.165, 1.54) is 44.3 Å². The Kier molecular flexibility index (Phi) is 6.79. The first kappa shape index (κ1) is 28.1. The van der Waals surface area contributed by atoms with Gasteiger partial charge in [-0.3, -0.25) is 28.9 Å². The molecule has 2 saturated carbocycles. The first-order chi connectivity index (χ1) is 19.3. The van der Waals surface area contributed by atoms with Gasteiger partial charge in [-0.15, -0.1) is 0 Å². The largest absolute Gasteiger partial charge is 0.513 e. The number of primary amides is 1. The number of amides is 1. The van der Waals surface area contributed by atoms with E-state index in [4.69, 9.17) is 10.5 Å². The van der Waals surface area contributed by atoms with Gasteiger partial charge in [-0.2, -0.15) is 0 Å². The molecule has 0 spiro atoms. The highest BCUT2D eigenvalue weighted by Gasteiger charge is 2.69. The molecule has 3 aliphatic carbocycles. The molecule has 0 heterocycles. The Hall–Kier alpha value is -4.42. The van der Waals surface area contributed by atoms with Crippen LogP contribution in [-0.2, 0) is 30.3 Å². The van der Waals surface area contributed by atoms with E-state index < -0.39 is 70.5 Å². The van der Waals surface area contributed by atoms with Crippen LogP contribution < -0.4 is 10.5 Å². The SMILES string of the molecule is COC(=O)Oc1ccc(-c2ccc(O)c3c2C[C@H]2C[C@H]4C(N(C)C)C(=O)C(C(N)=O)C(=O)[C@@]4(O)C(=O)C2C3=O)cc1. The molecular formula is C29H28N2O10. The molecule has 0 bridgehead atoms. The number of carbonyl (C=O) groups is 6. The van der Waals surface area contributed by atoms with E-state index in [1.807, 2.05) is 0 Å². The summed E-state index contributed by atoms with van der Waals surface area (Å²) in [5.74, 6) is -10.8. The normalized spacial score (nSPS) is 29.0. The van der Waals surface area contributed by atoms with Gasteiger partial charge in [0.25, 0.3) is 0 Å². The number of benzene rings is 2. The van der Waals surface area contributed by atoms with Crippen molar-refractivity contribution >= 4 is 35.2 Å². The highest BCUT2D eigenvalue weighted by Crippen LogP contribution is 2.51. The number of aliphatic hydroxyl groups is 1. The van der Waals surface area contributed by atoms with Crippen LogP contribution in [0.5, 0.6) is 11.5 Å².